The summed E-state index contributed by atoms with van der Waals surface area (Å²) >= 11 is 0. The quantitative estimate of drug-likeness (QED) is 0.545. The Kier molecular flexibility index (Phi) is 6.51. The van der Waals surface area contributed by atoms with E-state index in [0.717, 1.165) is 18.4 Å². The number of carbonyl (C=O) groups is 2. The molecule has 2 amide bonds. The maximum atomic E-state index is 12.3. The number of nitrogens with zero attached hydrogens (tertiary/aromatic N) is 1. The fraction of sp³-hybridized carbons (Fsp3) is 0.500. The Balaban J connectivity index is 1.95. The summed E-state index contributed by atoms with van der Waals surface area (Å²) in [5.41, 5.74) is 0.753. The Morgan fingerprint density at radius 3 is 2.40 bits per heavy atom. The molecule has 0 aliphatic heterocycles. The molecular weight excluding hydrogens is 346 g/mol. The molecule has 3 N–H and O–H groups in total. The van der Waals surface area contributed by atoms with Gasteiger partial charge in [0.25, 0.3) is 10.0 Å². The summed E-state index contributed by atoms with van der Waals surface area (Å²) in [6, 6.07) is 6.18. The van der Waals surface area contributed by atoms with Gasteiger partial charge in [-0.15, -0.1) is 0 Å². The van der Waals surface area contributed by atoms with Crippen molar-refractivity contribution in [1.82, 2.24) is 14.9 Å². The van der Waals surface area contributed by atoms with E-state index in [9.17, 15) is 18.0 Å². The molecule has 1 fully saturated rings. The molecule has 1 aliphatic carbocycles. The third-order valence-electron chi connectivity index (χ3n) is 3.82. The first-order valence-corrected chi connectivity index (χ1v) is 9.54. The Hall–Kier alpha value is -1.97. The molecule has 0 bridgehead atoms. The normalized spacial score (nSPS) is 14.4. The first-order valence-electron chi connectivity index (χ1n) is 8.06. The van der Waals surface area contributed by atoms with Gasteiger partial charge in [-0.25, -0.2) is 13.1 Å². The van der Waals surface area contributed by atoms with Crippen molar-refractivity contribution in [2.75, 3.05) is 19.7 Å². The van der Waals surface area contributed by atoms with Crippen LogP contribution in [0.3, 0.4) is 0 Å². The number of amides is 2. The summed E-state index contributed by atoms with van der Waals surface area (Å²) in [6.07, 6.45) is 1.91. The van der Waals surface area contributed by atoms with Crippen molar-refractivity contribution >= 4 is 21.8 Å². The van der Waals surface area contributed by atoms with Crippen LogP contribution >= 0.6 is 0 Å². The van der Waals surface area contributed by atoms with Crippen LogP contribution < -0.4 is 10.0 Å². The third kappa shape index (κ3) is 6.11. The average Bonchev–Trinajstić information content (AvgIpc) is 3.37. The van der Waals surface area contributed by atoms with Gasteiger partial charge in [-0.1, -0.05) is 12.1 Å². The lowest BCUT2D eigenvalue weighted by molar-refractivity contribution is -0.121. The number of nitrogens with one attached hydrogen (secondary N) is 2. The maximum absolute atomic E-state index is 12.3. The number of hydrogen-bond acceptors (Lipinski definition) is 6. The van der Waals surface area contributed by atoms with Crippen molar-refractivity contribution < 1.29 is 23.1 Å². The Morgan fingerprint density at radius 1 is 1.24 bits per heavy atom. The van der Waals surface area contributed by atoms with Gasteiger partial charge >= 0.3 is 0 Å². The van der Waals surface area contributed by atoms with E-state index in [2.05, 4.69) is 10.0 Å². The maximum Gasteiger partial charge on any atom is 0.264 e. The third-order valence-corrected chi connectivity index (χ3v) is 5.21. The second-order valence-electron chi connectivity index (χ2n) is 6.01. The van der Waals surface area contributed by atoms with Gasteiger partial charge in [0.15, 0.2) is 0 Å². The number of rotatable bonds is 9. The fourth-order valence-corrected chi connectivity index (χ4v) is 3.37. The van der Waals surface area contributed by atoms with E-state index in [-0.39, 0.29) is 30.0 Å². The van der Waals surface area contributed by atoms with Crippen LogP contribution in [0.4, 0.5) is 0 Å². The minimum atomic E-state index is -3.95. The second-order valence-corrected chi connectivity index (χ2v) is 7.69. The molecule has 1 aromatic carbocycles. The van der Waals surface area contributed by atoms with Gasteiger partial charge in [0.1, 0.15) is 0 Å². The average molecular weight is 369 g/mol. The molecule has 0 radical (unpaired) electrons. The lowest BCUT2D eigenvalue weighted by Gasteiger charge is -2.20. The SMILES string of the molecule is CC(=O)NCc1ccc(S(=O)(=O)NC(=O)CN(CCO)C2CC2)cc1. The van der Waals surface area contributed by atoms with Gasteiger partial charge in [-0.3, -0.25) is 14.5 Å². The molecule has 0 heterocycles. The summed E-state index contributed by atoms with van der Waals surface area (Å²) in [6.45, 7) is 1.91. The highest BCUT2D eigenvalue weighted by molar-refractivity contribution is 7.90. The van der Waals surface area contributed by atoms with Gasteiger partial charge in [0.05, 0.1) is 18.0 Å². The van der Waals surface area contributed by atoms with Gasteiger partial charge in [-0.05, 0) is 30.5 Å². The van der Waals surface area contributed by atoms with Crippen molar-refractivity contribution in [2.24, 2.45) is 0 Å². The van der Waals surface area contributed by atoms with Crippen molar-refractivity contribution in [3.63, 3.8) is 0 Å². The van der Waals surface area contributed by atoms with Crippen LogP contribution in [-0.2, 0) is 26.2 Å². The highest BCUT2D eigenvalue weighted by atomic mass is 32.2. The molecule has 1 aliphatic rings. The summed E-state index contributed by atoms with van der Waals surface area (Å²) in [5.74, 6) is -0.797. The highest BCUT2D eigenvalue weighted by Gasteiger charge is 2.30. The van der Waals surface area contributed by atoms with Crippen molar-refractivity contribution in [3.8, 4) is 0 Å². The number of hydrogen-bond donors (Lipinski definition) is 3. The predicted molar refractivity (Wildman–Crippen MR) is 91.0 cm³/mol. The zero-order chi connectivity index (χ0) is 18.4. The van der Waals surface area contributed by atoms with Crippen molar-refractivity contribution in [2.45, 2.75) is 37.2 Å². The van der Waals surface area contributed by atoms with Gasteiger partial charge in [-0.2, -0.15) is 0 Å². The highest BCUT2D eigenvalue weighted by Crippen LogP contribution is 2.26. The van der Waals surface area contributed by atoms with Gasteiger partial charge in [0.2, 0.25) is 11.8 Å². The van der Waals surface area contributed by atoms with E-state index in [0.29, 0.717) is 13.1 Å². The standard InChI is InChI=1S/C16H23N3O5S/c1-12(21)17-10-13-2-6-15(7-3-13)25(23,24)18-16(22)11-19(8-9-20)14-4-5-14/h2-3,6-7,14,20H,4-5,8-11H2,1H3,(H,17,21)(H,18,22). The van der Waals surface area contributed by atoms with Crippen molar-refractivity contribution in [3.05, 3.63) is 29.8 Å². The molecule has 25 heavy (non-hydrogen) atoms. The summed E-state index contributed by atoms with van der Waals surface area (Å²) in [4.78, 5) is 24.7. The van der Waals surface area contributed by atoms with Crippen LogP contribution in [0.25, 0.3) is 0 Å². The van der Waals surface area contributed by atoms with Crippen LogP contribution in [-0.4, -0.2) is 56.0 Å². The molecule has 1 aromatic rings. The molecule has 9 heteroatoms. The molecule has 1 saturated carbocycles. The minimum Gasteiger partial charge on any atom is -0.395 e. The minimum absolute atomic E-state index is 0.0208. The molecule has 0 unspecified atom stereocenters. The predicted octanol–water partition coefficient (Wildman–Crippen LogP) is -0.416. The van der Waals surface area contributed by atoms with E-state index >= 15 is 0 Å². The molecule has 0 aromatic heterocycles. The Labute approximate surface area is 147 Å². The first kappa shape index (κ1) is 19.4. The van der Waals surface area contributed by atoms with Gasteiger partial charge in [0, 0.05) is 26.1 Å². The topological polar surface area (TPSA) is 116 Å². The lowest BCUT2D eigenvalue weighted by Crippen LogP contribution is -2.42. The number of aliphatic hydroxyl groups is 1. The van der Waals surface area contributed by atoms with Crippen LogP contribution in [0, 0.1) is 0 Å². The largest absolute Gasteiger partial charge is 0.395 e. The smallest absolute Gasteiger partial charge is 0.264 e. The molecular formula is C16H23N3O5S. The Bertz CT molecular complexity index is 714. The number of aliphatic hydroxyl groups excluding tert-OH is 1. The number of benzene rings is 1. The van der Waals surface area contributed by atoms with Crippen LogP contribution in [0.15, 0.2) is 29.2 Å². The molecule has 0 saturated heterocycles. The molecule has 0 spiro atoms. The van der Waals surface area contributed by atoms with Gasteiger partial charge < -0.3 is 10.4 Å². The molecule has 8 nitrogen and oxygen atoms in total. The van der Waals surface area contributed by atoms with E-state index < -0.39 is 15.9 Å². The van der Waals surface area contributed by atoms with Crippen LogP contribution in [0.1, 0.15) is 25.3 Å². The lowest BCUT2D eigenvalue weighted by atomic mass is 10.2. The molecule has 0 atom stereocenters. The number of carbonyl (C=O) groups excluding carboxylic acids is 2. The van der Waals surface area contributed by atoms with E-state index in [4.69, 9.17) is 5.11 Å². The molecule has 138 valence electrons. The van der Waals surface area contributed by atoms with Crippen LogP contribution in [0.2, 0.25) is 0 Å². The zero-order valence-corrected chi connectivity index (χ0v) is 14.9. The summed E-state index contributed by atoms with van der Waals surface area (Å²) < 4.78 is 26.6. The summed E-state index contributed by atoms with van der Waals surface area (Å²) in [5, 5.41) is 11.6. The number of sulfonamides is 1. The summed E-state index contributed by atoms with van der Waals surface area (Å²) in [7, 11) is -3.95. The van der Waals surface area contributed by atoms with Crippen LogP contribution in [0.5, 0.6) is 0 Å². The van der Waals surface area contributed by atoms with Crippen molar-refractivity contribution in [1.29, 1.82) is 0 Å². The first-order chi connectivity index (χ1) is 11.8. The zero-order valence-electron chi connectivity index (χ0n) is 14.1. The Morgan fingerprint density at radius 2 is 1.88 bits per heavy atom. The fourth-order valence-electron chi connectivity index (χ4n) is 2.40. The monoisotopic (exact) mass is 369 g/mol. The van der Waals surface area contributed by atoms with E-state index in [1.165, 1.54) is 19.1 Å². The molecule has 2 rings (SSSR count). The second kappa shape index (κ2) is 8.41. The van der Waals surface area contributed by atoms with E-state index in [1.807, 2.05) is 0 Å². The van der Waals surface area contributed by atoms with E-state index in [1.54, 1.807) is 17.0 Å².